The zero-order valence-electron chi connectivity index (χ0n) is 15.2. The Morgan fingerprint density at radius 1 is 1.19 bits per heavy atom. The van der Waals surface area contributed by atoms with Crippen molar-refractivity contribution < 1.29 is 18.7 Å². The summed E-state index contributed by atoms with van der Waals surface area (Å²) in [6, 6.07) is 11.0. The minimum atomic E-state index is -0.777. The van der Waals surface area contributed by atoms with E-state index >= 15 is 0 Å². The molecule has 2 aromatic carbocycles. The molecule has 1 aliphatic rings. The summed E-state index contributed by atoms with van der Waals surface area (Å²) in [4.78, 5) is 27.6. The first-order chi connectivity index (χ1) is 13.0. The van der Waals surface area contributed by atoms with Crippen LogP contribution < -0.4 is 0 Å². The van der Waals surface area contributed by atoms with Crippen LogP contribution >= 0.6 is 15.9 Å². The predicted octanol–water partition coefficient (Wildman–Crippen LogP) is 4.84. The maximum Gasteiger partial charge on any atom is 0.315 e. The number of hydrogen-bond acceptors (Lipinski definition) is 3. The van der Waals surface area contributed by atoms with Crippen molar-refractivity contribution in [3.8, 4) is 0 Å². The van der Waals surface area contributed by atoms with E-state index in [0.717, 1.165) is 0 Å². The van der Waals surface area contributed by atoms with Crippen LogP contribution in [-0.4, -0.2) is 29.9 Å². The number of fused-ring (bicyclic) bond motifs is 1. The molecular weight excluding hydrogens is 413 g/mol. The van der Waals surface area contributed by atoms with Gasteiger partial charge in [-0.2, -0.15) is 0 Å². The number of esters is 1. The van der Waals surface area contributed by atoms with Crippen molar-refractivity contribution >= 4 is 27.8 Å². The van der Waals surface area contributed by atoms with E-state index in [1.54, 1.807) is 48.2 Å². The largest absolute Gasteiger partial charge is 0.465 e. The van der Waals surface area contributed by atoms with Crippen LogP contribution in [0.1, 0.15) is 53.7 Å². The van der Waals surface area contributed by atoms with Gasteiger partial charge in [0, 0.05) is 22.1 Å². The van der Waals surface area contributed by atoms with Crippen molar-refractivity contribution in [3.63, 3.8) is 0 Å². The van der Waals surface area contributed by atoms with E-state index in [-0.39, 0.29) is 12.5 Å². The van der Waals surface area contributed by atoms with E-state index in [1.165, 1.54) is 6.07 Å². The predicted molar refractivity (Wildman–Crippen MR) is 104 cm³/mol. The summed E-state index contributed by atoms with van der Waals surface area (Å²) in [7, 11) is 0. The molecule has 0 spiro atoms. The fourth-order valence-corrected chi connectivity index (χ4v) is 3.99. The molecule has 0 aliphatic carbocycles. The molecule has 3 rings (SSSR count). The lowest BCUT2D eigenvalue weighted by Crippen LogP contribution is -2.46. The molecule has 6 heteroatoms. The number of carbonyl (C=O) groups excluding carboxylic acids is 2. The fraction of sp³-hybridized carbons (Fsp3) is 0.333. The van der Waals surface area contributed by atoms with E-state index in [0.29, 0.717) is 34.1 Å². The molecule has 1 heterocycles. The summed E-state index contributed by atoms with van der Waals surface area (Å²) < 4.78 is 20.8. The van der Waals surface area contributed by atoms with E-state index < -0.39 is 23.7 Å². The Kier molecular flexibility index (Phi) is 5.95. The van der Waals surface area contributed by atoms with Gasteiger partial charge in [-0.3, -0.25) is 9.59 Å². The minimum absolute atomic E-state index is 0.194. The average Bonchev–Trinajstić information content (AvgIpc) is 2.64. The molecule has 0 N–H and O–H groups in total. The number of carbonyl (C=O) groups is 2. The monoisotopic (exact) mass is 433 g/mol. The summed E-state index contributed by atoms with van der Waals surface area (Å²) in [5.74, 6) is -1.88. The van der Waals surface area contributed by atoms with E-state index in [4.69, 9.17) is 4.74 Å². The van der Waals surface area contributed by atoms with E-state index in [2.05, 4.69) is 15.9 Å². The molecule has 0 unspecified atom stereocenters. The van der Waals surface area contributed by atoms with Crippen molar-refractivity contribution in [3.05, 3.63) is 69.4 Å². The molecule has 0 radical (unpaired) electrons. The summed E-state index contributed by atoms with van der Waals surface area (Å²) in [6.07, 6.45) is 0.693. The second kappa shape index (κ2) is 8.21. The van der Waals surface area contributed by atoms with Gasteiger partial charge in [-0.25, -0.2) is 4.39 Å². The van der Waals surface area contributed by atoms with Crippen LogP contribution in [0.5, 0.6) is 0 Å². The second-order valence-electron chi connectivity index (χ2n) is 6.43. The first-order valence-corrected chi connectivity index (χ1v) is 9.80. The lowest BCUT2D eigenvalue weighted by atomic mass is 9.79. The molecule has 0 aromatic heterocycles. The molecule has 27 heavy (non-hydrogen) atoms. The van der Waals surface area contributed by atoms with Crippen molar-refractivity contribution in [1.29, 1.82) is 0 Å². The molecule has 0 saturated carbocycles. The third-order valence-electron chi connectivity index (χ3n) is 4.72. The maximum absolute atomic E-state index is 14.9. The highest BCUT2D eigenvalue weighted by Crippen LogP contribution is 2.44. The van der Waals surface area contributed by atoms with Crippen LogP contribution in [0, 0.1) is 5.82 Å². The fourth-order valence-electron chi connectivity index (χ4n) is 3.65. The normalized spacial score (nSPS) is 19.0. The van der Waals surface area contributed by atoms with Crippen molar-refractivity contribution in [2.75, 3.05) is 13.2 Å². The number of benzene rings is 2. The Hall–Kier alpha value is -2.21. The van der Waals surface area contributed by atoms with E-state index in [1.807, 2.05) is 6.92 Å². The molecule has 0 fully saturated rings. The topological polar surface area (TPSA) is 46.6 Å². The number of ether oxygens (including phenoxy) is 1. The standard InChI is InChI=1S/C21H21BrFNO3/c1-3-11-24-19(16-10-9-13(22)12-17(16)23)18(21(26)27-4-2)14-7-5-6-8-15(14)20(24)25/h5-10,12,18-19H,3-4,11H2,1-2H3/t18-,19+/m0/s1. The first kappa shape index (κ1) is 19.5. The van der Waals surface area contributed by atoms with Gasteiger partial charge in [0.25, 0.3) is 5.91 Å². The molecule has 1 aliphatic heterocycles. The van der Waals surface area contributed by atoms with Crippen LogP contribution in [0.4, 0.5) is 4.39 Å². The van der Waals surface area contributed by atoms with E-state index in [9.17, 15) is 14.0 Å². The van der Waals surface area contributed by atoms with Gasteiger partial charge in [0.15, 0.2) is 0 Å². The second-order valence-corrected chi connectivity index (χ2v) is 7.34. The molecule has 142 valence electrons. The van der Waals surface area contributed by atoms with Gasteiger partial charge in [0.1, 0.15) is 11.7 Å². The van der Waals surface area contributed by atoms with Crippen molar-refractivity contribution in [1.82, 2.24) is 4.90 Å². The highest BCUT2D eigenvalue weighted by Gasteiger charge is 2.45. The van der Waals surface area contributed by atoms with Crippen LogP contribution in [0.25, 0.3) is 0 Å². The Bertz CT molecular complexity index is 870. The van der Waals surface area contributed by atoms with Gasteiger partial charge in [0.2, 0.25) is 0 Å². The third-order valence-corrected chi connectivity index (χ3v) is 5.22. The Morgan fingerprint density at radius 3 is 2.59 bits per heavy atom. The van der Waals surface area contributed by atoms with Gasteiger partial charge >= 0.3 is 5.97 Å². The Labute approximate surface area is 166 Å². The van der Waals surface area contributed by atoms with Crippen LogP contribution in [0.15, 0.2) is 46.9 Å². The average molecular weight is 434 g/mol. The zero-order valence-corrected chi connectivity index (χ0v) is 16.8. The number of rotatable bonds is 5. The van der Waals surface area contributed by atoms with Gasteiger partial charge in [-0.1, -0.05) is 47.1 Å². The van der Waals surface area contributed by atoms with Gasteiger partial charge in [-0.15, -0.1) is 0 Å². The van der Waals surface area contributed by atoms with Gasteiger partial charge in [0.05, 0.1) is 12.6 Å². The highest BCUT2D eigenvalue weighted by atomic mass is 79.9. The molecule has 0 saturated heterocycles. The van der Waals surface area contributed by atoms with Crippen molar-refractivity contribution in [2.24, 2.45) is 0 Å². The Balaban J connectivity index is 2.23. The maximum atomic E-state index is 14.9. The summed E-state index contributed by atoms with van der Waals surface area (Å²) in [5.41, 5.74) is 1.37. The smallest absolute Gasteiger partial charge is 0.315 e. The zero-order chi connectivity index (χ0) is 19.6. The van der Waals surface area contributed by atoms with Gasteiger partial charge in [-0.05, 0) is 37.1 Å². The van der Waals surface area contributed by atoms with Crippen LogP contribution in [-0.2, 0) is 9.53 Å². The molecular formula is C21H21BrFNO3. The molecule has 1 amide bonds. The minimum Gasteiger partial charge on any atom is -0.465 e. The number of nitrogens with zero attached hydrogens (tertiary/aromatic N) is 1. The lowest BCUT2D eigenvalue weighted by molar-refractivity contribution is -0.146. The van der Waals surface area contributed by atoms with Crippen molar-refractivity contribution in [2.45, 2.75) is 32.2 Å². The summed E-state index contributed by atoms with van der Waals surface area (Å²) in [6.45, 7) is 4.32. The molecule has 2 aromatic rings. The summed E-state index contributed by atoms with van der Waals surface area (Å²) in [5, 5.41) is 0. The quantitative estimate of drug-likeness (QED) is 0.633. The molecule has 2 atom stereocenters. The molecule has 4 nitrogen and oxygen atoms in total. The van der Waals surface area contributed by atoms with Crippen LogP contribution in [0.3, 0.4) is 0 Å². The highest BCUT2D eigenvalue weighted by molar-refractivity contribution is 9.10. The number of amides is 1. The Morgan fingerprint density at radius 2 is 1.93 bits per heavy atom. The van der Waals surface area contributed by atoms with Gasteiger partial charge < -0.3 is 9.64 Å². The SMILES string of the molecule is CCCN1C(=O)c2ccccc2[C@H](C(=O)OCC)[C@H]1c1ccc(Br)cc1F. The number of hydrogen-bond donors (Lipinski definition) is 0. The van der Waals surface area contributed by atoms with Crippen LogP contribution in [0.2, 0.25) is 0 Å². The third kappa shape index (κ3) is 3.63. The summed E-state index contributed by atoms with van der Waals surface area (Å²) >= 11 is 3.26. The molecule has 0 bridgehead atoms. The number of halogens is 2. The first-order valence-electron chi connectivity index (χ1n) is 9.01. The lowest BCUT2D eigenvalue weighted by Gasteiger charge is -2.41.